The lowest BCUT2D eigenvalue weighted by molar-refractivity contribution is -0.137. The van der Waals surface area contributed by atoms with Crippen LogP contribution in [-0.4, -0.2) is 197 Å². The minimum atomic E-state index is -1.64. The van der Waals surface area contributed by atoms with Crippen LogP contribution in [-0.2, 0) is 57.4 Å². The molecule has 10 amide bonds. The van der Waals surface area contributed by atoms with Crippen LogP contribution in [0.3, 0.4) is 0 Å². The normalized spacial score (nSPS) is 18.7. The first-order valence-corrected chi connectivity index (χ1v) is 30.6. The summed E-state index contributed by atoms with van der Waals surface area (Å²) < 4.78 is 10.9. The van der Waals surface area contributed by atoms with Gasteiger partial charge in [-0.05, 0) is 90.0 Å². The van der Waals surface area contributed by atoms with Gasteiger partial charge in [0.2, 0.25) is 59.1 Å². The number of guanidine groups is 4. The summed E-state index contributed by atoms with van der Waals surface area (Å²) in [6.07, 6.45) is 7.26. The number of amides is 10. The first-order valence-electron chi connectivity index (χ1n) is 30.6. The van der Waals surface area contributed by atoms with Gasteiger partial charge >= 0.3 is 0 Å². The quantitative estimate of drug-likeness (QED) is 0.0154. The standard InChI is InChI=1S/C54H103N23O12/c1-2-3-4-5-6-7-8-20-41(78)70-32-40-50(87)75-38(19-14-27-69-54(63)64)47(84)73-36(17-12-25-67-52(59)60)45(82)72-35(16-11-24-66-51(57)58)46(83)74-37(18-13-26-68-53(61)62)48(85)76-39(49(86)77-40)21-22-42(79)65-28-29-88-30-31-89-33-43(80)71-34(44(56)81)15-9-10-23-55/h34-40H,2-33,55H2,1H3,(H2,56,81)(H,65,79)(H,70,78)(H,71,80)(H,72,82)(H,73,84)(H,74,83)(H,75,87)(H,76,85)(H,77,86)(H4,57,58,66)(H4,59,60,67)(H4,61,62,68)(H4,63,64,69)/t34?,35-,36+,37?,38-,39+,40+/m1/s1. The minimum absolute atomic E-state index is 0.0122. The molecule has 0 aromatic rings. The maximum atomic E-state index is 14.7. The number of carbonyl (C=O) groups is 10. The fourth-order valence-corrected chi connectivity index (χ4v) is 8.88. The van der Waals surface area contributed by atoms with Gasteiger partial charge in [0.25, 0.3) is 0 Å². The molecule has 1 fully saturated rings. The average Bonchev–Trinajstić information content (AvgIpc) is 3.42. The van der Waals surface area contributed by atoms with Gasteiger partial charge in [-0.2, -0.15) is 0 Å². The molecule has 1 saturated heterocycles. The third kappa shape index (κ3) is 39.2. The number of hydrogen-bond acceptors (Lipinski definition) is 17. The molecule has 0 saturated carbocycles. The van der Waals surface area contributed by atoms with Crippen molar-refractivity contribution in [2.24, 2.45) is 34.4 Å². The van der Waals surface area contributed by atoms with Gasteiger partial charge < -0.3 is 113 Å². The number of nitrogens with one attached hydrogen (secondary N) is 17. The summed E-state index contributed by atoms with van der Waals surface area (Å²) in [5.74, 6) is -9.37. The highest BCUT2D eigenvalue weighted by atomic mass is 16.5. The van der Waals surface area contributed by atoms with Crippen molar-refractivity contribution in [2.45, 2.75) is 184 Å². The Morgan fingerprint density at radius 3 is 1.22 bits per heavy atom. The van der Waals surface area contributed by atoms with Crippen LogP contribution in [0, 0.1) is 21.6 Å². The molecule has 0 aromatic heterocycles. The number of hydrogen-bond donors (Lipinski definition) is 23. The van der Waals surface area contributed by atoms with E-state index in [0.717, 1.165) is 38.5 Å². The summed E-state index contributed by atoms with van der Waals surface area (Å²) in [5.41, 5.74) is 32.9. The SMILES string of the molecule is CCCCCCCCCC(=O)NC[C@@H]1NC(=O)[C@H](CCC(=O)NCCOCCOCC(=O)NC(CCCCN)C(N)=O)NC(=O)C(CCCNC(=N)N)NC(=O)[C@@H](CCCNC(=N)N)NC(=O)[C@H](CCCNC(=N)N)NC(=O)[C@@H](CCCNC(=N)N)NC1=O. The summed E-state index contributed by atoms with van der Waals surface area (Å²) >= 11 is 0. The highest BCUT2D eigenvalue weighted by Crippen LogP contribution is 2.11. The Labute approximate surface area is 520 Å². The summed E-state index contributed by atoms with van der Waals surface area (Å²) in [4.78, 5) is 138. The van der Waals surface area contributed by atoms with Crippen molar-refractivity contribution in [3.63, 3.8) is 0 Å². The average molecular weight is 1270 g/mol. The van der Waals surface area contributed by atoms with E-state index < -0.39 is 121 Å². The number of nitrogens with two attached hydrogens (primary N) is 6. The largest absolute Gasteiger partial charge is 0.377 e. The fourth-order valence-electron chi connectivity index (χ4n) is 8.88. The van der Waals surface area contributed by atoms with Crippen molar-refractivity contribution in [2.75, 3.05) is 72.2 Å². The van der Waals surface area contributed by atoms with Gasteiger partial charge in [0.05, 0.1) is 19.8 Å². The minimum Gasteiger partial charge on any atom is -0.377 e. The maximum absolute atomic E-state index is 14.7. The van der Waals surface area contributed by atoms with Crippen LogP contribution >= 0.6 is 0 Å². The molecule has 1 rings (SSSR count). The predicted molar refractivity (Wildman–Crippen MR) is 332 cm³/mol. The molecule has 89 heavy (non-hydrogen) atoms. The van der Waals surface area contributed by atoms with Gasteiger partial charge in [0, 0.05) is 52.1 Å². The molecular formula is C54H103N23O12. The van der Waals surface area contributed by atoms with Crippen molar-refractivity contribution in [3.8, 4) is 0 Å². The Balaban J connectivity index is 3.76. The molecule has 0 bridgehead atoms. The van der Waals surface area contributed by atoms with Crippen LogP contribution in [0.15, 0.2) is 0 Å². The first-order chi connectivity index (χ1) is 42.5. The molecule has 0 aromatic carbocycles. The summed E-state index contributed by atoms with van der Waals surface area (Å²) in [5, 5.41) is 64.6. The van der Waals surface area contributed by atoms with E-state index in [9.17, 15) is 47.9 Å². The molecule has 1 aliphatic heterocycles. The molecule has 0 spiro atoms. The second-order valence-electron chi connectivity index (χ2n) is 21.3. The Kier molecular flexibility index (Phi) is 42.2. The van der Waals surface area contributed by atoms with E-state index >= 15 is 0 Å². The monoisotopic (exact) mass is 1270 g/mol. The molecule has 35 nitrogen and oxygen atoms in total. The van der Waals surface area contributed by atoms with Crippen LogP contribution in [0.5, 0.6) is 0 Å². The molecular weight excluding hydrogens is 1160 g/mol. The zero-order valence-electron chi connectivity index (χ0n) is 51.5. The summed E-state index contributed by atoms with van der Waals surface area (Å²) in [6, 6.07) is -9.91. The van der Waals surface area contributed by atoms with E-state index in [1.54, 1.807) is 0 Å². The number of ether oxygens (including phenoxy) is 2. The van der Waals surface area contributed by atoms with E-state index in [2.05, 4.69) is 76.0 Å². The Morgan fingerprint density at radius 1 is 0.427 bits per heavy atom. The molecule has 0 radical (unpaired) electrons. The van der Waals surface area contributed by atoms with Gasteiger partial charge in [-0.25, -0.2) is 0 Å². The van der Waals surface area contributed by atoms with Crippen molar-refractivity contribution in [1.82, 2.24) is 69.1 Å². The van der Waals surface area contributed by atoms with Crippen LogP contribution < -0.4 is 104 Å². The van der Waals surface area contributed by atoms with Crippen molar-refractivity contribution in [1.29, 1.82) is 21.6 Å². The number of unbranched alkanes of at least 4 members (excludes halogenated alkanes) is 7. The third-order valence-corrected chi connectivity index (χ3v) is 13.7. The molecule has 29 N–H and O–H groups in total. The van der Waals surface area contributed by atoms with Gasteiger partial charge in [-0.15, -0.1) is 0 Å². The number of rotatable bonds is 43. The Morgan fingerprint density at radius 2 is 0.809 bits per heavy atom. The maximum Gasteiger partial charge on any atom is 0.246 e. The molecule has 2 unspecified atom stereocenters. The topological polar surface area (TPSA) is 597 Å². The number of carbonyl (C=O) groups excluding carboxylic acids is 10. The smallest absolute Gasteiger partial charge is 0.246 e. The highest BCUT2D eigenvalue weighted by molar-refractivity contribution is 5.98. The molecule has 1 heterocycles. The van der Waals surface area contributed by atoms with Crippen molar-refractivity contribution >= 4 is 82.9 Å². The van der Waals surface area contributed by atoms with E-state index in [-0.39, 0.29) is 141 Å². The lowest BCUT2D eigenvalue weighted by Crippen LogP contribution is -2.62. The molecule has 7 atom stereocenters. The zero-order chi connectivity index (χ0) is 66.4. The Hall–Kier alpha value is -8.34. The summed E-state index contributed by atoms with van der Waals surface area (Å²) in [7, 11) is 0. The fraction of sp³-hybridized carbons (Fsp3) is 0.741. The van der Waals surface area contributed by atoms with E-state index in [1.165, 1.54) is 0 Å². The Bertz CT molecular complexity index is 2270. The second-order valence-corrected chi connectivity index (χ2v) is 21.3. The van der Waals surface area contributed by atoms with Gasteiger partial charge in [0.15, 0.2) is 23.8 Å². The van der Waals surface area contributed by atoms with Crippen LogP contribution in [0.4, 0.5) is 0 Å². The second kappa shape index (κ2) is 47.7. The van der Waals surface area contributed by atoms with Crippen LogP contribution in [0.25, 0.3) is 0 Å². The first kappa shape index (κ1) is 78.7. The highest BCUT2D eigenvalue weighted by Gasteiger charge is 2.35. The van der Waals surface area contributed by atoms with Crippen molar-refractivity contribution < 1.29 is 57.4 Å². The van der Waals surface area contributed by atoms with Gasteiger partial charge in [0.1, 0.15) is 48.9 Å². The van der Waals surface area contributed by atoms with E-state index in [0.29, 0.717) is 32.2 Å². The predicted octanol–water partition coefficient (Wildman–Crippen LogP) is -5.75. The molecule has 35 heteroatoms. The lowest BCUT2D eigenvalue weighted by atomic mass is 10.0. The van der Waals surface area contributed by atoms with E-state index in [1.807, 2.05) is 0 Å². The third-order valence-electron chi connectivity index (χ3n) is 13.7. The molecule has 506 valence electrons. The van der Waals surface area contributed by atoms with Crippen LogP contribution in [0.1, 0.15) is 142 Å². The molecule has 0 aliphatic carbocycles. The zero-order valence-corrected chi connectivity index (χ0v) is 51.5. The number of primary amides is 1. The molecule has 1 aliphatic rings. The van der Waals surface area contributed by atoms with E-state index in [4.69, 9.17) is 65.5 Å². The van der Waals surface area contributed by atoms with Crippen molar-refractivity contribution in [3.05, 3.63) is 0 Å². The van der Waals surface area contributed by atoms with Gasteiger partial charge in [-0.1, -0.05) is 45.4 Å². The van der Waals surface area contributed by atoms with Gasteiger partial charge in [-0.3, -0.25) is 69.6 Å². The lowest BCUT2D eigenvalue weighted by Gasteiger charge is -2.29. The van der Waals surface area contributed by atoms with Crippen LogP contribution in [0.2, 0.25) is 0 Å². The summed E-state index contributed by atoms with van der Waals surface area (Å²) in [6.45, 7) is 1.84.